The highest BCUT2D eigenvalue weighted by Gasteiger charge is 2.22. The zero-order chi connectivity index (χ0) is 12.1. The third-order valence-corrected chi connectivity index (χ3v) is 4.57. The van der Waals surface area contributed by atoms with Gasteiger partial charge in [-0.25, -0.2) is 0 Å². The number of likely N-dealkylation sites (N-methyl/N-ethyl adjacent to an activating group) is 2. The van der Waals surface area contributed by atoms with Crippen LogP contribution in [0.3, 0.4) is 0 Å². The van der Waals surface area contributed by atoms with Crippen molar-refractivity contribution in [3.8, 4) is 0 Å². The first-order chi connectivity index (χ1) is 8.25. The van der Waals surface area contributed by atoms with Gasteiger partial charge in [0.05, 0.1) is 0 Å². The first-order valence-electron chi connectivity index (χ1n) is 7.35. The van der Waals surface area contributed by atoms with Crippen molar-refractivity contribution in [1.29, 1.82) is 0 Å². The molecule has 2 heterocycles. The van der Waals surface area contributed by atoms with Crippen molar-refractivity contribution in [2.75, 3.05) is 46.8 Å². The van der Waals surface area contributed by atoms with Gasteiger partial charge in [-0.2, -0.15) is 0 Å². The fourth-order valence-corrected chi connectivity index (χ4v) is 3.23. The molecule has 2 aliphatic heterocycles. The van der Waals surface area contributed by atoms with E-state index in [2.05, 4.69) is 29.2 Å². The summed E-state index contributed by atoms with van der Waals surface area (Å²) in [6, 6.07) is 0.813. The molecule has 2 saturated heterocycles. The molecule has 3 heteroatoms. The quantitative estimate of drug-likeness (QED) is 0.782. The van der Waals surface area contributed by atoms with E-state index < -0.39 is 0 Å². The van der Waals surface area contributed by atoms with Crippen molar-refractivity contribution in [1.82, 2.24) is 15.1 Å². The Morgan fingerprint density at radius 3 is 2.65 bits per heavy atom. The van der Waals surface area contributed by atoms with Crippen LogP contribution in [-0.4, -0.2) is 62.7 Å². The van der Waals surface area contributed by atoms with Crippen LogP contribution in [0.2, 0.25) is 0 Å². The molecule has 0 bridgehead atoms. The molecule has 0 aliphatic carbocycles. The summed E-state index contributed by atoms with van der Waals surface area (Å²) in [6.07, 6.45) is 6.96. The highest BCUT2D eigenvalue weighted by atomic mass is 15.2. The second kappa shape index (κ2) is 6.72. The molecular formula is C14H29N3. The smallest absolute Gasteiger partial charge is 0.0220 e. The number of piperidine rings is 1. The Morgan fingerprint density at radius 1 is 1.24 bits per heavy atom. The summed E-state index contributed by atoms with van der Waals surface area (Å²) in [5.74, 6) is 0.972. The van der Waals surface area contributed by atoms with Gasteiger partial charge in [-0.05, 0) is 78.3 Å². The molecule has 1 atom stereocenters. The summed E-state index contributed by atoms with van der Waals surface area (Å²) in [5, 5.41) is 3.45. The van der Waals surface area contributed by atoms with Crippen LogP contribution in [0.15, 0.2) is 0 Å². The van der Waals surface area contributed by atoms with Crippen molar-refractivity contribution in [2.45, 2.75) is 38.1 Å². The fourth-order valence-electron chi connectivity index (χ4n) is 3.23. The minimum Gasteiger partial charge on any atom is -0.317 e. The molecule has 2 rings (SSSR count). The predicted octanol–water partition coefficient (Wildman–Crippen LogP) is 1.40. The monoisotopic (exact) mass is 239 g/mol. The molecule has 0 amide bonds. The van der Waals surface area contributed by atoms with E-state index in [9.17, 15) is 0 Å². The van der Waals surface area contributed by atoms with Crippen molar-refractivity contribution >= 4 is 0 Å². The van der Waals surface area contributed by atoms with Crippen LogP contribution in [-0.2, 0) is 0 Å². The van der Waals surface area contributed by atoms with E-state index in [4.69, 9.17) is 0 Å². The standard InChI is InChI=1S/C14H29N3/c1-16(12-14-4-3-10-17(14)2)11-7-13-5-8-15-9-6-13/h13-15H,3-12H2,1-2H3. The molecule has 0 aromatic rings. The van der Waals surface area contributed by atoms with Crippen molar-refractivity contribution in [3.05, 3.63) is 0 Å². The molecular weight excluding hydrogens is 210 g/mol. The van der Waals surface area contributed by atoms with Crippen molar-refractivity contribution in [3.63, 3.8) is 0 Å². The summed E-state index contributed by atoms with van der Waals surface area (Å²) in [5.41, 5.74) is 0. The molecule has 1 unspecified atom stereocenters. The van der Waals surface area contributed by atoms with Crippen molar-refractivity contribution in [2.24, 2.45) is 5.92 Å². The average molecular weight is 239 g/mol. The molecule has 0 aromatic heterocycles. The summed E-state index contributed by atoms with van der Waals surface area (Å²) in [4.78, 5) is 5.08. The van der Waals surface area contributed by atoms with E-state index >= 15 is 0 Å². The third kappa shape index (κ3) is 4.23. The Morgan fingerprint density at radius 2 is 2.00 bits per heavy atom. The van der Waals surface area contributed by atoms with E-state index in [1.54, 1.807) is 0 Å². The van der Waals surface area contributed by atoms with Crippen LogP contribution in [0.1, 0.15) is 32.1 Å². The molecule has 0 saturated carbocycles. The molecule has 0 spiro atoms. The lowest BCUT2D eigenvalue weighted by Crippen LogP contribution is -2.38. The van der Waals surface area contributed by atoms with Crippen molar-refractivity contribution < 1.29 is 0 Å². The maximum Gasteiger partial charge on any atom is 0.0220 e. The molecule has 17 heavy (non-hydrogen) atoms. The first kappa shape index (κ1) is 13.3. The molecule has 2 fully saturated rings. The Bertz CT molecular complexity index is 214. The first-order valence-corrected chi connectivity index (χ1v) is 7.35. The van der Waals surface area contributed by atoms with Gasteiger partial charge in [0.1, 0.15) is 0 Å². The zero-order valence-electron chi connectivity index (χ0n) is 11.6. The normalized spacial score (nSPS) is 28.1. The number of nitrogens with one attached hydrogen (secondary N) is 1. The molecule has 0 aromatic carbocycles. The number of hydrogen-bond donors (Lipinski definition) is 1. The molecule has 2 aliphatic rings. The second-order valence-electron chi connectivity index (χ2n) is 6.02. The minimum atomic E-state index is 0.813. The van der Waals surface area contributed by atoms with Gasteiger partial charge in [-0.3, -0.25) is 0 Å². The topological polar surface area (TPSA) is 18.5 Å². The molecule has 0 radical (unpaired) electrons. The predicted molar refractivity (Wildman–Crippen MR) is 73.4 cm³/mol. The maximum absolute atomic E-state index is 3.45. The molecule has 3 nitrogen and oxygen atoms in total. The van der Waals surface area contributed by atoms with Crippen LogP contribution in [0, 0.1) is 5.92 Å². The third-order valence-electron chi connectivity index (χ3n) is 4.57. The Kier molecular flexibility index (Phi) is 5.26. The molecule has 1 N–H and O–H groups in total. The largest absolute Gasteiger partial charge is 0.317 e. The Labute approximate surface area is 107 Å². The number of likely N-dealkylation sites (tertiary alicyclic amines) is 1. The Hall–Kier alpha value is -0.120. The SMILES string of the molecule is CN(CCC1CCNCC1)CC1CCCN1C. The van der Waals surface area contributed by atoms with Crippen LogP contribution in [0.25, 0.3) is 0 Å². The Balaban J connectivity index is 1.61. The van der Waals surface area contributed by atoms with Gasteiger partial charge in [0.25, 0.3) is 0 Å². The summed E-state index contributed by atoms with van der Waals surface area (Å²) < 4.78 is 0. The van der Waals surface area contributed by atoms with Gasteiger partial charge in [-0.15, -0.1) is 0 Å². The van der Waals surface area contributed by atoms with E-state index in [-0.39, 0.29) is 0 Å². The van der Waals surface area contributed by atoms with Gasteiger partial charge in [-0.1, -0.05) is 0 Å². The summed E-state index contributed by atoms with van der Waals surface area (Å²) in [7, 11) is 4.57. The zero-order valence-corrected chi connectivity index (χ0v) is 11.6. The van der Waals surface area contributed by atoms with Gasteiger partial charge < -0.3 is 15.1 Å². The number of rotatable bonds is 5. The lowest BCUT2D eigenvalue weighted by molar-refractivity contribution is 0.204. The summed E-state index contributed by atoms with van der Waals surface area (Å²) >= 11 is 0. The van der Waals surface area contributed by atoms with Crippen LogP contribution < -0.4 is 5.32 Å². The van der Waals surface area contributed by atoms with E-state index in [0.717, 1.165) is 12.0 Å². The average Bonchev–Trinajstić information content (AvgIpc) is 2.74. The second-order valence-corrected chi connectivity index (χ2v) is 6.02. The van der Waals surface area contributed by atoms with Gasteiger partial charge in [0.2, 0.25) is 0 Å². The van der Waals surface area contributed by atoms with Gasteiger partial charge >= 0.3 is 0 Å². The van der Waals surface area contributed by atoms with E-state index in [1.165, 1.54) is 64.8 Å². The van der Waals surface area contributed by atoms with Gasteiger partial charge in [0.15, 0.2) is 0 Å². The van der Waals surface area contributed by atoms with Crippen LogP contribution in [0.5, 0.6) is 0 Å². The van der Waals surface area contributed by atoms with Gasteiger partial charge in [0, 0.05) is 12.6 Å². The van der Waals surface area contributed by atoms with E-state index in [1.807, 2.05) is 0 Å². The summed E-state index contributed by atoms with van der Waals surface area (Å²) in [6.45, 7) is 6.32. The lowest BCUT2D eigenvalue weighted by atomic mass is 9.94. The van der Waals surface area contributed by atoms with E-state index in [0.29, 0.717) is 0 Å². The van der Waals surface area contributed by atoms with Crippen LogP contribution >= 0.6 is 0 Å². The lowest BCUT2D eigenvalue weighted by Gasteiger charge is -2.28. The highest BCUT2D eigenvalue weighted by Crippen LogP contribution is 2.18. The number of hydrogen-bond acceptors (Lipinski definition) is 3. The number of nitrogens with zero attached hydrogens (tertiary/aromatic N) is 2. The minimum absolute atomic E-state index is 0.813. The van der Waals surface area contributed by atoms with Crippen LogP contribution in [0.4, 0.5) is 0 Å². The fraction of sp³-hybridized carbons (Fsp3) is 1.00. The highest BCUT2D eigenvalue weighted by molar-refractivity contribution is 4.79. The molecule has 100 valence electrons. The maximum atomic E-state index is 3.45.